The lowest BCUT2D eigenvalue weighted by molar-refractivity contribution is -0.384. The summed E-state index contributed by atoms with van der Waals surface area (Å²) in [6.07, 6.45) is 2.87. The SMILES string of the molecule is CCCn1ncnc1COc1ccc([N+](=O)[O-])cc1C=O. The molecule has 0 spiro atoms. The van der Waals surface area contributed by atoms with Crippen molar-refractivity contribution >= 4 is 12.0 Å². The van der Waals surface area contributed by atoms with E-state index in [0.717, 1.165) is 13.0 Å². The standard InChI is InChI=1S/C13H14N4O4/c1-2-5-16-13(14-9-15-16)8-21-12-4-3-11(17(19)20)6-10(12)7-18/h3-4,6-7,9H,2,5,8H2,1H3. The fourth-order valence-corrected chi connectivity index (χ4v) is 1.81. The Bertz CT molecular complexity index is 653. The van der Waals surface area contributed by atoms with E-state index in [1.807, 2.05) is 6.92 Å². The molecule has 2 rings (SSSR count). The molecule has 0 saturated heterocycles. The minimum atomic E-state index is -0.561. The van der Waals surface area contributed by atoms with Crippen LogP contribution in [0.5, 0.6) is 5.75 Å². The summed E-state index contributed by atoms with van der Waals surface area (Å²) in [7, 11) is 0. The molecule has 0 bridgehead atoms. The van der Waals surface area contributed by atoms with E-state index in [-0.39, 0.29) is 23.6 Å². The number of aromatic nitrogens is 3. The van der Waals surface area contributed by atoms with Gasteiger partial charge < -0.3 is 4.74 Å². The van der Waals surface area contributed by atoms with Crippen molar-refractivity contribution in [3.05, 3.63) is 46.0 Å². The molecular weight excluding hydrogens is 276 g/mol. The summed E-state index contributed by atoms with van der Waals surface area (Å²) in [5.41, 5.74) is -0.0237. The van der Waals surface area contributed by atoms with Crippen LogP contribution >= 0.6 is 0 Å². The van der Waals surface area contributed by atoms with E-state index in [2.05, 4.69) is 10.1 Å². The van der Waals surface area contributed by atoms with Crippen molar-refractivity contribution in [3.8, 4) is 5.75 Å². The summed E-state index contributed by atoms with van der Waals surface area (Å²) in [6, 6.07) is 3.88. The predicted octanol–water partition coefficient (Wildman–Crippen LogP) is 1.99. The molecule has 0 aliphatic heterocycles. The van der Waals surface area contributed by atoms with E-state index in [1.54, 1.807) is 4.68 Å². The number of hydrogen-bond donors (Lipinski definition) is 0. The molecule has 0 fully saturated rings. The molecular formula is C13H14N4O4. The molecule has 8 heteroatoms. The van der Waals surface area contributed by atoms with Crippen molar-refractivity contribution in [1.29, 1.82) is 0 Å². The summed E-state index contributed by atoms with van der Waals surface area (Å²) in [5.74, 6) is 0.911. The summed E-state index contributed by atoms with van der Waals surface area (Å²) >= 11 is 0. The summed E-state index contributed by atoms with van der Waals surface area (Å²) < 4.78 is 7.23. The van der Waals surface area contributed by atoms with Gasteiger partial charge in [0.05, 0.1) is 10.5 Å². The van der Waals surface area contributed by atoms with Gasteiger partial charge in [-0.05, 0) is 12.5 Å². The van der Waals surface area contributed by atoms with Crippen LogP contribution in [0.25, 0.3) is 0 Å². The number of nitro groups is 1. The van der Waals surface area contributed by atoms with Crippen LogP contribution in [0.3, 0.4) is 0 Å². The van der Waals surface area contributed by atoms with Gasteiger partial charge in [-0.2, -0.15) is 5.10 Å². The quantitative estimate of drug-likeness (QED) is 0.439. The lowest BCUT2D eigenvalue weighted by atomic mass is 10.2. The normalized spacial score (nSPS) is 10.3. The first kappa shape index (κ1) is 14.6. The topological polar surface area (TPSA) is 100 Å². The first-order valence-electron chi connectivity index (χ1n) is 6.38. The molecule has 110 valence electrons. The predicted molar refractivity (Wildman–Crippen MR) is 73.1 cm³/mol. The van der Waals surface area contributed by atoms with Gasteiger partial charge in [-0.15, -0.1) is 0 Å². The highest BCUT2D eigenvalue weighted by atomic mass is 16.6. The van der Waals surface area contributed by atoms with Gasteiger partial charge in [0, 0.05) is 18.7 Å². The Labute approximate surface area is 120 Å². The van der Waals surface area contributed by atoms with Gasteiger partial charge >= 0.3 is 0 Å². The second kappa shape index (κ2) is 6.60. The van der Waals surface area contributed by atoms with Crippen LogP contribution in [-0.4, -0.2) is 26.0 Å². The van der Waals surface area contributed by atoms with Crippen molar-refractivity contribution in [1.82, 2.24) is 14.8 Å². The number of ether oxygens (including phenoxy) is 1. The number of aldehydes is 1. The smallest absolute Gasteiger partial charge is 0.270 e. The highest BCUT2D eigenvalue weighted by Gasteiger charge is 2.12. The van der Waals surface area contributed by atoms with E-state index >= 15 is 0 Å². The Hall–Kier alpha value is -2.77. The Kier molecular flexibility index (Phi) is 4.60. The van der Waals surface area contributed by atoms with Crippen molar-refractivity contribution in [3.63, 3.8) is 0 Å². The highest BCUT2D eigenvalue weighted by Crippen LogP contribution is 2.23. The second-order valence-electron chi connectivity index (χ2n) is 4.29. The third-order valence-corrected chi connectivity index (χ3v) is 2.82. The molecule has 0 atom stereocenters. The van der Waals surface area contributed by atoms with Crippen LogP contribution < -0.4 is 4.74 Å². The van der Waals surface area contributed by atoms with E-state index in [0.29, 0.717) is 12.1 Å². The Balaban J connectivity index is 2.14. The molecule has 0 saturated carbocycles. The van der Waals surface area contributed by atoms with Gasteiger partial charge in [-0.25, -0.2) is 9.67 Å². The zero-order valence-electron chi connectivity index (χ0n) is 11.4. The number of non-ortho nitro benzene ring substituents is 1. The molecule has 0 aliphatic carbocycles. The van der Waals surface area contributed by atoms with E-state index in [1.165, 1.54) is 24.5 Å². The molecule has 1 aromatic heterocycles. The minimum Gasteiger partial charge on any atom is -0.485 e. The van der Waals surface area contributed by atoms with Crippen LogP contribution in [0, 0.1) is 10.1 Å². The number of nitro benzene ring substituents is 1. The summed E-state index contributed by atoms with van der Waals surface area (Å²) in [6.45, 7) is 2.88. The summed E-state index contributed by atoms with van der Waals surface area (Å²) in [4.78, 5) is 25.2. The molecule has 0 aliphatic rings. The molecule has 0 radical (unpaired) electrons. The zero-order chi connectivity index (χ0) is 15.2. The fourth-order valence-electron chi connectivity index (χ4n) is 1.81. The zero-order valence-corrected chi connectivity index (χ0v) is 11.4. The number of benzene rings is 1. The highest BCUT2D eigenvalue weighted by molar-refractivity contribution is 5.80. The lowest BCUT2D eigenvalue weighted by Crippen LogP contribution is -2.09. The Morgan fingerprint density at radius 3 is 2.95 bits per heavy atom. The fraction of sp³-hybridized carbons (Fsp3) is 0.308. The second-order valence-corrected chi connectivity index (χ2v) is 4.29. The van der Waals surface area contributed by atoms with Crippen LogP contribution in [0.2, 0.25) is 0 Å². The molecule has 0 N–H and O–H groups in total. The lowest BCUT2D eigenvalue weighted by Gasteiger charge is -2.08. The van der Waals surface area contributed by atoms with Gasteiger partial charge in [0.2, 0.25) is 0 Å². The first-order valence-corrected chi connectivity index (χ1v) is 6.38. The first-order chi connectivity index (χ1) is 10.2. The minimum absolute atomic E-state index is 0.130. The maximum absolute atomic E-state index is 11.0. The van der Waals surface area contributed by atoms with E-state index in [9.17, 15) is 14.9 Å². The number of nitrogens with zero attached hydrogens (tertiary/aromatic N) is 4. The third kappa shape index (κ3) is 3.41. The average molecular weight is 290 g/mol. The Morgan fingerprint density at radius 1 is 1.48 bits per heavy atom. The Morgan fingerprint density at radius 2 is 2.29 bits per heavy atom. The molecule has 0 amide bonds. The van der Waals surface area contributed by atoms with Gasteiger partial charge in [0.15, 0.2) is 12.1 Å². The third-order valence-electron chi connectivity index (χ3n) is 2.82. The molecule has 1 heterocycles. The van der Waals surface area contributed by atoms with Gasteiger partial charge in [-0.3, -0.25) is 14.9 Å². The van der Waals surface area contributed by atoms with Crippen molar-refractivity contribution in [2.75, 3.05) is 0 Å². The van der Waals surface area contributed by atoms with Crippen molar-refractivity contribution < 1.29 is 14.5 Å². The van der Waals surface area contributed by atoms with Crippen LogP contribution in [-0.2, 0) is 13.2 Å². The van der Waals surface area contributed by atoms with Gasteiger partial charge in [0.1, 0.15) is 18.7 Å². The maximum atomic E-state index is 11.0. The molecule has 1 aromatic carbocycles. The van der Waals surface area contributed by atoms with E-state index < -0.39 is 4.92 Å². The number of carbonyl (C=O) groups excluding carboxylic acids is 1. The molecule has 2 aromatic rings. The number of carbonyl (C=O) groups is 1. The van der Waals surface area contributed by atoms with Crippen molar-refractivity contribution in [2.24, 2.45) is 0 Å². The summed E-state index contributed by atoms with van der Waals surface area (Å²) in [5, 5.41) is 14.7. The van der Waals surface area contributed by atoms with Crippen molar-refractivity contribution in [2.45, 2.75) is 26.5 Å². The number of rotatable bonds is 7. The molecule has 0 unspecified atom stereocenters. The van der Waals surface area contributed by atoms with E-state index in [4.69, 9.17) is 4.74 Å². The maximum Gasteiger partial charge on any atom is 0.270 e. The molecule has 21 heavy (non-hydrogen) atoms. The number of aryl methyl sites for hydroxylation is 1. The van der Waals surface area contributed by atoms with Crippen LogP contribution in [0.15, 0.2) is 24.5 Å². The van der Waals surface area contributed by atoms with Gasteiger partial charge in [0.25, 0.3) is 5.69 Å². The van der Waals surface area contributed by atoms with Gasteiger partial charge in [-0.1, -0.05) is 6.92 Å². The average Bonchev–Trinajstić information content (AvgIpc) is 2.92. The monoisotopic (exact) mass is 290 g/mol. The molecule has 8 nitrogen and oxygen atoms in total. The van der Waals surface area contributed by atoms with Crippen LogP contribution in [0.4, 0.5) is 5.69 Å². The van der Waals surface area contributed by atoms with Crippen LogP contribution in [0.1, 0.15) is 29.5 Å². The number of hydrogen-bond acceptors (Lipinski definition) is 6. The largest absolute Gasteiger partial charge is 0.485 e.